The van der Waals surface area contributed by atoms with Crippen LogP contribution in [0.5, 0.6) is 0 Å². The van der Waals surface area contributed by atoms with Gasteiger partial charge < -0.3 is 23.7 Å². The van der Waals surface area contributed by atoms with E-state index in [9.17, 15) is 19.2 Å². The third-order valence-corrected chi connectivity index (χ3v) is 5.09. The van der Waals surface area contributed by atoms with Crippen molar-refractivity contribution in [1.82, 2.24) is 0 Å². The fourth-order valence-corrected chi connectivity index (χ4v) is 3.05. The molecule has 0 fully saturated rings. The normalized spacial score (nSPS) is 12.6. The summed E-state index contributed by atoms with van der Waals surface area (Å²) in [6.45, 7) is 21.2. The molecule has 0 amide bonds. The van der Waals surface area contributed by atoms with Crippen LogP contribution in [0.4, 0.5) is 0 Å². The molecule has 0 aromatic rings. The second kappa shape index (κ2) is 15.2. The van der Waals surface area contributed by atoms with Crippen molar-refractivity contribution in [1.29, 1.82) is 0 Å². The first-order valence-corrected chi connectivity index (χ1v) is 11.7. The first-order chi connectivity index (χ1) is 16.6. The Bertz CT molecular complexity index is 724. The molecule has 0 spiro atoms. The van der Waals surface area contributed by atoms with E-state index in [1.54, 1.807) is 0 Å². The molecule has 0 bridgehead atoms. The summed E-state index contributed by atoms with van der Waals surface area (Å²) < 4.78 is 26.6. The Hall–Kier alpha value is -2.94. The van der Waals surface area contributed by atoms with E-state index in [2.05, 4.69) is 40.5 Å². The lowest BCUT2D eigenvalue weighted by Crippen LogP contribution is -2.43. The van der Waals surface area contributed by atoms with Crippen molar-refractivity contribution in [3.63, 3.8) is 0 Å². The van der Waals surface area contributed by atoms with Crippen molar-refractivity contribution >= 4 is 23.9 Å². The average Bonchev–Trinajstić information content (AvgIpc) is 2.80. The van der Waals surface area contributed by atoms with Crippen LogP contribution in [0.15, 0.2) is 38.0 Å². The van der Waals surface area contributed by atoms with Gasteiger partial charge >= 0.3 is 23.9 Å². The number of carbonyl (C=O) groups is 4. The Balaban J connectivity index is 5.31. The molecule has 0 aromatic heterocycles. The first-order valence-electron chi connectivity index (χ1n) is 11.7. The van der Waals surface area contributed by atoms with Gasteiger partial charge in [-0.3, -0.25) is 4.79 Å². The molecule has 204 valence electrons. The Morgan fingerprint density at radius 3 is 1.42 bits per heavy atom. The Kier molecular flexibility index (Phi) is 14.0. The summed E-state index contributed by atoms with van der Waals surface area (Å²) in [4.78, 5) is 47.7. The highest BCUT2D eigenvalue weighted by molar-refractivity contribution is 5.82. The third kappa shape index (κ3) is 13.8. The lowest BCUT2D eigenvalue weighted by Gasteiger charge is -2.34. The summed E-state index contributed by atoms with van der Waals surface area (Å²) in [5, 5.41) is 0. The molecule has 1 unspecified atom stereocenters. The van der Waals surface area contributed by atoms with Crippen LogP contribution in [0.3, 0.4) is 0 Å². The molecule has 0 N–H and O–H groups in total. The zero-order valence-corrected chi connectivity index (χ0v) is 22.6. The first kappa shape index (κ1) is 33.1. The molecule has 0 aliphatic carbocycles. The molecule has 9 heteroatoms. The lowest BCUT2D eigenvalue weighted by atomic mass is 9.72. The summed E-state index contributed by atoms with van der Waals surface area (Å²) in [6, 6.07) is 0. The van der Waals surface area contributed by atoms with Crippen LogP contribution >= 0.6 is 0 Å². The molecule has 1 atom stereocenters. The van der Waals surface area contributed by atoms with E-state index >= 15 is 0 Å². The standard InChI is InChI=1S/C27H42O9/c1-10-21(28)34-17-27(18-35-22(29)11-2,19-36-23(30)12-3)16-32-13-14-33-24(31)20(26(7,8)9)15-25(4,5)6/h10-12,20H,1-3,13-19H2,4-9H3. The molecule has 0 aromatic carbocycles. The molecule has 0 aliphatic rings. The maximum atomic E-state index is 12.8. The average molecular weight is 511 g/mol. The number of esters is 4. The van der Waals surface area contributed by atoms with Crippen LogP contribution in [-0.4, -0.2) is 63.5 Å². The number of carbonyl (C=O) groups excluding carboxylic acids is 4. The van der Waals surface area contributed by atoms with Crippen LogP contribution in [0.25, 0.3) is 0 Å². The van der Waals surface area contributed by atoms with Gasteiger partial charge in [0.1, 0.15) is 26.4 Å². The fraction of sp³-hybridized carbons (Fsp3) is 0.630. The van der Waals surface area contributed by atoms with Gasteiger partial charge in [-0.1, -0.05) is 61.3 Å². The van der Waals surface area contributed by atoms with E-state index in [4.69, 9.17) is 23.7 Å². The summed E-state index contributed by atoms with van der Waals surface area (Å²) in [5.74, 6) is -2.76. The SMILES string of the molecule is C=CC(=O)OCC(COCCOC(=O)C(CC(C)(C)C)C(C)(C)C)(COC(=O)C=C)COC(=O)C=C. The highest BCUT2D eigenvalue weighted by atomic mass is 16.6. The van der Waals surface area contributed by atoms with Crippen molar-refractivity contribution < 1.29 is 42.9 Å². The summed E-state index contributed by atoms with van der Waals surface area (Å²) >= 11 is 0. The summed E-state index contributed by atoms with van der Waals surface area (Å²) in [6.07, 6.45) is 3.58. The highest BCUT2D eigenvalue weighted by Crippen LogP contribution is 2.36. The van der Waals surface area contributed by atoms with Gasteiger partial charge in [0.2, 0.25) is 0 Å². The number of rotatable bonds is 16. The predicted molar refractivity (Wildman–Crippen MR) is 135 cm³/mol. The zero-order chi connectivity index (χ0) is 28.0. The van der Waals surface area contributed by atoms with Crippen molar-refractivity contribution in [3.05, 3.63) is 38.0 Å². The van der Waals surface area contributed by atoms with Gasteiger partial charge in [0.15, 0.2) is 0 Å². The lowest BCUT2D eigenvalue weighted by molar-refractivity contribution is -0.165. The van der Waals surface area contributed by atoms with E-state index in [1.807, 2.05) is 20.8 Å². The monoisotopic (exact) mass is 510 g/mol. The molecule has 36 heavy (non-hydrogen) atoms. The Morgan fingerprint density at radius 1 is 0.667 bits per heavy atom. The Morgan fingerprint density at radius 2 is 1.08 bits per heavy atom. The quantitative estimate of drug-likeness (QED) is 0.132. The van der Waals surface area contributed by atoms with Crippen LogP contribution in [0.1, 0.15) is 48.0 Å². The van der Waals surface area contributed by atoms with Gasteiger partial charge in [0.05, 0.1) is 24.5 Å². The molecule has 9 nitrogen and oxygen atoms in total. The molecule has 0 radical (unpaired) electrons. The fourth-order valence-electron chi connectivity index (χ4n) is 3.05. The van der Waals surface area contributed by atoms with Gasteiger partial charge in [0.25, 0.3) is 0 Å². The van der Waals surface area contributed by atoms with Gasteiger partial charge in [-0.15, -0.1) is 0 Å². The minimum absolute atomic E-state index is 0.0140. The number of hydrogen-bond donors (Lipinski definition) is 0. The van der Waals surface area contributed by atoms with E-state index in [0.717, 1.165) is 18.2 Å². The van der Waals surface area contributed by atoms with E-state index < -0.39 is 23.3 Å². The zero-order valence-electron chi connectivity index (χ0n) is 22.6. The van der Waals surface area contributed by atoms with Gasteiger partial charge in [0, 0.05) is 18.2 Å². The molecule has 0 rings (SSSR count). The van der Waals surface area contributed by atoms with Crippen LogP contribution < -0.4 is 0 Å². The second-order valence-electron chi connectivity index (χ2n) is 10.8. The van der Waals surface area contributed by atoms with Crippen molar-refractivity contribution in [3.8, 4) is 0 Å². The van der Waals surface area contributed by atoms with Gasteiger partial charge in [-0.2, -0.15) is 0 Å². The third-order valence-electron chi connectivity index (χ3n) is 5.09. The van der Waals surface area contributed by atoms with E-state index in [-0.39, 0.29) is 62.4 Å². The Labute approximate surface area is 214 Å². The smallest absolute Gasteiger partial charge is 0.330 e. The second-order valence-corrected chi connectivity index (χ2v) is 10.8. The van der Waals surface area contributed by atoms with Crippen LogP contribution in [0, 0.1) is 22.2 Å². The number of ether oxygens (including phenoxy) is 5. The van der Waals surface area contributed by atoms with Crippen LogP contribution in [-0.2, 0) is 42.9 Å². The van der Waals surface area contributed by atoms with E-state index in [0.29, 0.717) is 6.42 Å². The van der Waals surface area contributed by atoms with Gasteiger partial charge in [-0.05, 0) is 17.3 Å². The van der Waals surface area contributed by atoms with Crippen molar-refractivity contribution in [2.45, 2.75) is 48.0 Å². The van der Waals surface area contributed by atoms with Crippen molar-refractivity contribution in [2.75, 3.05) is 39.6 Å². The highest BCUT2D eigenvalue weighted by Gasteiger charge is 2.37. The largest absolute Gasteiger partial charge is 0.463 e. The summed E-state index contributed by atoms with van der Waals surface area (Å²) in [7, 11) is 0. The molecule has 0 saturated heterocycles. The predicted octanol–water partition coefficient (Wildman–Crippen LogP) is 3.82. The maximum absolute atomic E-state index is 12.8. The van der Waals surface area contributed by atoms with Crippen LogP contribution in [0.2, 0.25) is 0 Å². The summed E-state index contributed by atoms with van der Waals surface area (Å²) in [5.41, 5.74) is -1.57. The van der Waals surface area contributed by atoms with E-state index in [1.165, 1.54) is 0 Å². The topological polar surface area (TPSA) is 114 Å². The minimum Gasteiger partial charge on any atom is -0.463 e. The maximum Gasteiger partial charge on any atom is 0.330 e. The molecule has 0 aliphatic heterocycles. The molecule has 0 heterocycles. The molecule has 0 saturated carbocycles. The molecular formula is C27H42O9. The number of hydrogen-bond acceptors (Lipinski definition) is 9. The van der Waals surface area contributed by atoms with Crippen molar-refractivity contribution in [2.24, 2.45) is 22.2 Å². The van der Waals surface area contributed by atoms with Gasteiger partial charge in [-0.25, -0.2) is 14.4 Å². The minimum atomic E-state index is -1.24. The molecular weight excluding hydrogens is 468 g/mol.